The van der Waals surface area contributed by atoms with E-state index in [2.05, 4.69) is 15.0 Å². The van der Waals surface area contributed by atoms with Gasteiger partial charge in [-0.25, -0.2) is 4.68 Å². The molecule has 4 nitrogen and oxygen atoms in total. The minimum atomic E-state index is 0.593. The van der Waals surface area contributed by atoms with Gasteiger partial charge in [-0.15, -0.1) is 5.10 Å². The number of hydrogen-bond donors (Lipinski definition) is 1. The fraction of sp³-hybridized carbons (Fsp3) is 0.818. The van der Waals surface area contributed by atoms with E-state index in [0.717, 1.165) is 0 Å². The quantitative estimate of drug-likeness (QED) is 0.819. The molecule has 1 aromatic heterocycles. The van der Waals surface area contributed by atoms with Gasteiger partial charge in [-0.2, -0.15) is 0 Å². The van der Waals surface area contributed by atoms with Crippen LogP contribution in [0.2, 0.25) is 0 Å². The summed E-state index contributed by atoms with van der Waals surface area (Å²) < 4.78 is 2.08. The smallest absolute Gasteiger partial charge is 0.0903 e. The average Bonchev–Trinajstić information content (AvgIpc) is 2.83. The van der Waals surface area contributed by atoms with E-state index in [1.165, 1.54) is 49.9 Å². The molecule has 2 fully saturated rings. The number of aromatic nitrogens is 3. The van der Waals surface area contributed by atoms with Crippen molar-refractivity contribution in [3.8, 4) is 0 Å². The molecule has 15 heavy (non-hydrogen) atoms. The van der Waals surface area contributed by atoms with Gasteiger partial charge in [0.05, 0.1) is 17.4 Å². The van der Waals surface area contributed by atoms with Gasteiger partial charge in [0.15, 0.2) is 0 Å². The van der Waals surface area contributed by atoms with Crippen molar-refractivity contribution in [1.29, 1.82) is 0 Å². The summed E-state index contributed by atoms with van der Waals surface area (Å²) in [6.07, 6.45) is 7.73. The van der Waals surface area contributed by atoms with Crippen molar-refractivity contribution in [3.63, 3.8) is 0 Å². The van der Waals surface area contributed by atoms with Crippen molar-refractivity contribution in [3.05, 3.63) is 11.4 Å². The van der Waals surface area contributed by atoms with Gasteiger partial charge >= 0.3 is 0 Å². The molecule has 0 saturated heterocycles. The van der Waals surface area contributed by atoms with Gasteiger partial charge in [0.25, 0.3) is 0 Å². The zero-order chi connectivity index (χ0) is 10.3. The Hall–Kier alpha value is -0.900. The second kappa shape index (κ2) is 3.59. The summed E-state index contributed by atoms with van der Waals surface area (Å²) in [5.41, 5.74) is 8.22. The lowest BCUT2D eigenvalue weighted by atomic mass is 10.0. The first-order valence-electron chi connectivity index (χ1n) is 6.04. The van der Waals surface area contributed by atoms with Crippen LogP contribution in [0.1, 0.15) is 61.9 Å². The van der Waals surface area contributed by atoms with Crippen LogP contribution >= 0.6 is 0 Å². The highest BCUT2D eigenvalue weighted by atomic mass is 15.5. The van der Waals surface area contributed by atoms with Crippen LogP contribution in [0.15, 0.2) is 0 Å². The highest BCUT2D eigenvalue weighted by Gasteiger charge is 2.31. The molecule has 82 valence electrons. The van der Waals surface area contributed by atoms with E-state index in [0.29, 0.717) is 18.5 Å². The molecule has 0 amide bonds. The minimum absolute atomic E-state index is 0.593. The van der Waals surface area contributed by atoms with E-state index < -0.39 is 0 Å². The second-order valence-corrected chi connectivity index (χ2v) is 4.78. The molecule has 4 heteroatoms. The van der Waals surface area contributed by atoms with Crippen LogP contribution < -0.4 is 5.73 Å². The number of nitrogens with two attached hydrogens (primary N) is 1. The fourth-order valence-corrected chi connectivity index (χ4v) is 2.65. The predicted octanol–water partition coefficient (Wildman–Crippen LogP) is 1.73. The summed E-state index contributed by atoms with van der Waals surface area (Å²) in [6, 6.07) is 0.603. The highest BCUT2D eigenvalue weighted by Crippen LogP contribution is 2.39. The Morgan fingerprint density at radius 2 is 1.93 bits per heavy atom. The largest absolute Gasteiger partial charge is 0.325 e. The van der Waals surface area contributed by atoms with Crippen LogP contribution in [-0.2, 0) is 6.54 Å². The monoisotopic (exact) mass is 206 g/mol. The zero-order valence-electron chi connectivity index (χ0n) is 9.02. The van der Waals surface area contributed by atoms with E-state index in [-0.39, 0.29) is 0 Å². The average molecular weight is 206 g/mol. The number of rotatable bonds is 3. The van der Waals surface area contributed by atoms with Gasteiger partial charge in [-0.3, -0.25) is 0 Å². The number of hydrogen-bond acceptors (Lipinski definition) is 3. The Kier molecular flexibility index (Phi) is 2.24. The first-order valence-corrected chi connectivity index (χ1v) is 6.04. The summed E-state index contributed by atoms with van der Waals surface area (Å²) in [4.78, 5) is 0. The van der Waals surface area contributed by atoms with E-state index in [1.807, 2.05) is 0 Å². The molecule has 2 aliphatic rings. The third-order valence-corrected chi connectivity index (χ3v) is 3.65. The molecule has 0 aromatic carbocycles. The van der Waals surface area contributed by atoms with Gasteiger partial charge < -0.3 is 5.73 Å². The summed E-state index contributed by atoms with van der Waals surface area (Å²) >= 11 is 0. The molecule has 1 heterocycles. The predicted molar refractivity (Wildman–Crippen MR) is 57.4 cm³/mol. The third-order valence-electron chi connectivity index (χ3n) is 3.65. The summed E-state index contributed by atoms with van der Waals surface area (Å²) in [7, 11) is 0. The molecule has 3 rings (SSSR count). The minimum Gasteiger partial charge on any atom is -0.325 e. The highest BCUT2D eigenvalue weighted by molar-refractivity contribution is 5.17. The summed E-state index contributed by atoms with van der Waals surface area (Å²) in [5.74, 6) is 0.635. The lowest BCUT2D eigenvalue weighted by molar-refractivity contribution is 0.583. The van der Waals surface area contributed by atoms with Gasteiger partial charge in [0, 0.05) is 12.5 Å². The molecule has 2 aliphatic carbocycles. The first kappa shape index (κ1) is 9.33. The molecule has 0 radical (unpaired) electrons. The van der Waals surface area contributed by atoms with E-state index in [1.54, 1.807) is 0 Å². The Bertz CT molecular complexity index is 347. The maximum Gasteiger partial charge on any atom is 0.0903 e. The van der Waals surface area contributed by atoms with E-state index >= 15 is 0 Å². The van der Waals surface area contributed by atoms with Gasteiger partial charge in [0.2, 0.25) is 0 Å². The molecule has 0 bridgehead atoms. The fourth-order valence-electron chi connectivity index (χ4n) is 2.65. The van der Waals surface area contributed by atoms with Gasteiger partial charge in [-0.05, 0) is 25.7 Å². The third kappa shape index (κ3) is 1.57. The van der Waals surface area contributed by atoms with Crippen LogP contribution in [0.25, 0.3) is 0 Å². The maximum atomic E-state index is 5.83. The standard InChI is InChI=1S/C11H18N4/c12-7-10-11(8-3-1-2-4-8)13-14-15(10)9-5-6-9/h8-9H,1-7,12H2. The van der Waals surface area contributed by atoms with Crippen molar-refractivity contribution >= 4 is 0 Å². The number of nitrogens with zero attached hydrogens (tertiary/aromatic N) is 3. The lowest BCUT2D eigenvalue weighted by Crippen LogP contribution is -2.10. The van der Waals surface area contributed by atoms with Crippen molar-refractivity contribution in [2.75, 3.05) is 0 Å². The molecular weight excluding hydrogens is 188 g/mol. The maximum absolute atomic E-state index is 5.83. The Labute approximate surface area is 89.8 Å². The van der Waals surface area contributed by atoms with Crippen LogP contribution in [0.4, 0.5) is 0 Å². The topological polar surface area (TPSA) is 56.7 Å². The van der Waals surface area contributed by atoms with Crippen LogP contribution in [0, 0.1) is 0 Å². The van der Waals surface area contributed by atoms with Crippen molar-refractivity contribution < 1.29 is 0 Å². The first-order chi connectivity index (χ1) is 7.40. The summed E-state index contributed by atoms with van der Waals surface area (Å²) in [6.45, 7) is 0.593. The molecular formula is C11H18N4. The second-order valence-electron chi connectivity index (χ2n) is 4.78. The van der Waals surface area contributed by atoms with E-state index in [9.17, 15) is 0 Å². The van der Waals surface area contributed by atoms with Crippen molar-refractivity contribution in [2.45, 2.75) is 57.0 Å². The SMILES string of the molecule is NCc1c(C2CCCC2)nnn1C1CC1. The molecule has 2 saturated carbocycles. The Morgan fingerprint density at radius 1 is 1.20 bits per heavy atom. The van der Waals surface area contributed by atoms with Gasteiger partial charge in [0.1, 0.15) is 0 Å². The Morgan fingerprint density at radius 3 is 2.53 bits per heavy atom. The molecule has 0 aliphatic heterocycles. The molecule has 2 N–H and O–H groups in total. The van der Waals surface area contributed by atoms with Crippen molar-refractivity contribution in [1.82, 2.24) is 15.0 Å². The van der Waals surface area contributed by atoms with Crippen LogP contribution in [0.5, 0.6) is 0 Å². The van der Waals surface area contributed by atoms with Gasteiger partial charge in [-0.1, -0.05) is 18.1 Å². The molecule has 0 spiro atoms. The lowest BCUT2D eigenvalue weighted by Gasteiger charge is -2.08. The molecule has 0 unspecified atom stereocenters. The van der Waals surface area contributed by atoms with E-state index in [4.69, 9.17) is 5.73 Å². The zero-order valence-corrected chi connectivity index (χ0v) is 9.02. The summed E-state index contributed by atoms with van der Waals surface area (Å²) in [5, 5.41) is 8.64. The molecule has 1 aromatic rings. The van der Waals surface area contributed by atoms with Crippen LogP contribution in [-0.4, -0.2) is 15.0 Å². The normalized spacial score (nSPS) is 22.5. The Balaban J connectivity index is 1.92. The molecule has 0 atom stereocenters. The van der Waals surface area contributed by atoms with Crippen molar-refractivity contribution in [2.24, 2.45) is 5.73 Å². The van der Waals surface area contributed by atoms with Crippen LogP contribution in [0.3, 0.4) is 0 Å².